The Kier molecular flexibility index (Phi) is 12.1. The maximum Gasteiger partial charge on any atom is 0.299 e. The molecule has 0 aliphatic carbocycles. The van der Waals surface area contributed by atoms with Gasteiger partial charge in [0.15, 0.2) is 29.3 Å². The summed E-state index contributed by atoms with van der Waals surface area (Å²) >= 11 is 0. The van der Waals surface area contributed by atoms with Gasteiger partial charge in [0.05, 0.1) is 0 Å². The van der Waals surface area contributed by atoms with Crippen molar-refractivity contribution in [3.8, 4) is 0 Å². The van der Waals surface area contributed by atoms with Crippen molar-refractivity contribution in [2.24, 2.45) is 0 Å². The largest absolute Gasteiger partial charge is 0.358 e. The van der Waals surface area contributed by atoms with Crippen LogP contribution >= 0.6 is 8.60 Å². The molecular formula is C12H27O3PSi3. The van der Waals surface area contributed by atoms with Gasteiger partial charge in [0.25, 0.3) is 8.60 Å². The van der Waals surface area contributed by atoms with Crippen LogP contribution in [0, 0.1) is 0 Å². The van der Waals surface area contributed by atoms with Gasteiger partial charge in [-0.1, -0.05) is 33.8 Å². The molecule has 0 aromatic heterocycles. The maximum absolute atomic E-state index is 5.89. The van der Waals surface area contributed by atoms with Crippen LogP contribution in [0.25, 0.3) is 0 Å². The van der Waals surface area contributed by atoms with Crippen molar-refractivity contribution < 1.29 is 12.6 Å². The smallest absolute Gasteiger partial charge is 0.299 e. The fraction of sp³-hybridized carbons (Fsp3) is 0.500. The predicted molar refractivity (Wildman–Crippen MR) is 94.1 cm³/mol. The van der Waals surface area contributed by atoms with E-state index in [1.807, 2.05) is 20.8 Å². The van der Waals surface area contributed by atoms with Crippen molar-refractivity contribution in [2.45, 2.75) is 41.5 Å². The second kappa shape index (κ2) is 12.0. The fourth-order valence-electron chi connectivity index (χ4n) is 0.825. The lowest BCUT2D eigenvalue weighted by atomic mass is 10.6. The zero-order valence-electron chi connectivity index (χ0n) is 13.0. The van der Waals surface area contributed by atoms with E-state index in [9.17, 15) is 0 Å². The molecule has 0 heterocycles. The Morgan fingerprint density at radius 3 is 1.16 bits per heavy atom. The van der Waals surface area contributed by atoms with E-state index in [1.54, 1.807) is 0 Å². The Balaban J connectivity index is 4.29. The van der Waals surface area contributed by atoms with Gasteiger partial charge in [-0.15, -0.1) is 0 Å². The van der Waals surface area contributed by atoms with Crippen molar-refractivity contribution >= 4 is 37.9 Å². The van der Waals surface area contributed by atoms with E-state index in [-0.39, 0.29) is 0 Å². The van der Waals surface area contributed by atoms with Crippen molar-refractivity contribution in [1.29, 1.82) is 0 Å². The van der Waals surface area contributed by atoms with Crippen LogP contribution in [0.4, 0.5) is 0 Å². The normalized spacial score (nSPS) is 17.7. The summed E-state index contributed by atoms with van der Waals surface area (Å²) < 4.78 is 17.7. The molecule has 0 aromatic rings. The minimum atomic E-state index is -1.11. The second-order valence-electron chi connectivity index (χ2n) is 4.45. The first kappa shape index (κ1) is 19.2. The van der Waals surface area contributed by atoms with Gasteiger partial charge in [0.2, 0.25) is 0 Å². The average Bonchev–Trinajstić information content (AvgIpc) is 2.44. The van der Waals surface area contributed by atoms with Crippen LogP contribution in [0.15, 0.2) is 33.8 Å². The third-order valence-electron chi connectivity index (χ3n) is 2.67. The molecule has 0 aliphatic heterocycles. The molecule has 0 rings (SSSR count). The van der Waals surface area contributed by atoms with Crippen molar-refractivity contribution in [3.05, 3.63) is 33.8 Å². The second-order valence-corrected chi connectivity index (χ2v) is 12.2. The van der Waals surface area contributed by atoms with Crippen molar-refractivity contribution in [1.82, 2.24) is 0 Å². The first-order valence-corrected chi connectivity index (χ1v) is 11.5. The molecule has 110 valence electrons. The van der Waals surface area contributed by atoms with E-state index >= 15 is 0 Å². The molecule has 0 saturated heterocycles. The van der Waals surface area contributed by atoms with E-state index in [4.69, 9.17) is 12.6 Å². The zero-order valence-corrected chi connectivity index (χ0v) is 18.2. The molecule has 7 heteroatoms. The number of hydrogen-bond donors (Lipinski definition) is 0. The third-order valence-corrected chi connectivity index (χ3v) is 9.34. The van der Waals surface area contributed by atoms with Crippen molar-refractivity contribution in [2.75, 3.05) is 0 Å². The minimum Gasteiger partial charge on any atom is -0.358 e. The summed E-state index contributed by atoms with van der Waals surface area (Å²) in [4.78, 5) is 0. The topological polar surface area (TPSA) is 27.7 Å². The van der Waals surface area contributed by atoms with Crippen LogP contribution in [0.2, 0.25) is 0 Å². The van der Waals surface area contributed by atoms with Crippen LogP contribution in [-0.4, -0.2) is 29.3 Å². The summed E-state index contributed by atoms with van der Waals surface area (Å²) in [5, 5.41) is 4.02. The Morgan fingerprint density at radius 2 is 0.947 bits per heavy atom. The quantitative estimate of drug-likeness (QED) is 0.478. The van der Waals surface area contributed by atoms with Gasteiger partial charge in [-0.2, -0.15) is 0 Å². The average molecular weight is 335 g/mol. The maximum atomic E-state index is 5.89. The van der Waals surface area contributed by atoms with E-state index in [2.05, 4.69) is 39.0 Å². The monoisotopic (exact) mass is 334 g/mol. The summed E-state index contributed by atoms with van der Waals surface area (Å²) in [5.41, 5.74) is 0. The first-order valence-electron chi connectivity index (χ1n) is 6.57. The van der Waals surface area contributed by atoms with Crippen LogP contribution in [0.3, 0.4) is 0 Å². The fourth-order valence-corrected chi connectivity index (χ4v) is 7.94. The Morgan fingerprint density at radius 1 is 0.684 bits per heavy atom. The minimum absolute atomic E-state index is 0.669. The summed E-state index contributed by atoms with van der Waals surface area (Å²) in [6.07, 6.45) is 6.34. The standard InChI is InChI=1S/C12H27O3PSi3/c1-7-10(4)17-13-16(14-18-11(5)8-2)15-19-12(6)9-3/h7-9H,17-19H2,1-6H3. The van der Waals surface area contributed by atoms with E-state index in [0.717, 1.165) is 0 Å². The molecular weight excluding hydrogens is 307 g/mol. The van der Waals surface area contributed by atoms with E-state index in [1.165, 1.54) is 15.6 Å². The lowest BCUT2D eigenvalue weighted by Crippen LogP contribution is -2.07. The third kappa shape index (κ3) is 10.6. The van der Waals surface area contributed by atoms with Gasteiger partial charge in [0.1, 0.15) is 0 Å². The summed E-state index contributed by atoms with van der Waals surface area (Å²) in [6.45, 7) is 12.5. The molecule has 0 radical (unpaired) electrons. The highest BCUT2D eigenvalue weighted by molar-refractivity contribution is 7.45. The van der Waals surface area contributed by atoms with Gasteiger partial charge in [-0.05, 0) is 41.5 Å². The Labute approximate surface area is 126 Å². The van der Waals surface area contributed by atoms with Gasteiger partial charge in [-0.25, -0.2) is 0 Å². The van der Waals surface area contributed by atoms with Gasteiger partial charge < -0.3 is 12.6 Å². The lowest BCUT2D eigenvalue weighted by Gasteiger charge is -2.18. The Bertz CT molecular complexity index is 291. The summed E-state index contributed by atoms with van der Waals surface area (Å²) in [6, 6.07) is 0. The number of hydrogen-bond acceptors (Lipinski definition) is 3. The molecule has 19 heavy (non-hydrogen) atoms. The number of allylic oxidation sites excluding steroid dienone is 6. The van der Waals surface area contributed by atoms with E-state index < -0.39 is 37.9 Å². The van der Waals surface area contributed by atoms with Crippen LogP contribution in [0.1, 0.15) is 41.5 Å². The van der Waals surface area contributed by atoms with Crippen LogP contribution in [-0.2, 0) is 12.6 Å². The molecule has 0 amide bonds. The number of rotatable bonds is 9. The highest BCUT2D eigenvalue weighted by Crippen LogP contribution is 2.39. The molecule has 0 atom stereocenters. The van der Waals surface area contributed by atoms with Gasteiger partial charge >= 0.3 is 0 Å². The molecule has 3 nitrogen and oxygen atoms in total. The molecule has 0 fully saturated rings. The molecule has 0 unspecified atom stereocenters. The van der Waals surface area contributed by atoms with E-state index in [0.29, 0.717) is 0 Å². The molecule has 0 spiro atoms. The molecule has 0 bridgehead atoms. The molecule has 0 N–H and O–H groups in total. The van der Waals surface area contributed by atoms with Gasteiger partial charge in [-0.3, -0.25) is 0 Å². The van der Waals surface area contributed by atoms with Gasteiger partial charge in [0, 0.05) is 0 Å². The lowest BCUT2D eigenvalue weighted by molar-refractivity contribution is 0.422. The highest BCUT2D eigenvalue weighted by atomic mass is 31.2. The summed E-state index contributed by atoms with van der Waals surface area (Å²) in [7, 11) is -3.12. The van der Waals surface area contributed by atoms with Crippen LogP contribution < -0.4 is 0 Å². The van der Waals surface area contributed by atoms with Crippen molar-refractivity contribution in [3.63, 3.8) is 0 Å². The molecule has 0 aliphatic rings. The van der Waals surface area contributed by atoms with Crippen LogP contribution in [0.5, 0.6) is 0 Å². The predicted octanol–water partition coefficient (Wildman–Crippen LogP) is 2.29. The molecule has 0 aromatic carbocycles. The molecule has 0 saturated carbocycles. The first-order chi connectivity index (χ1) is 9.03. The zero-order chi connectivity index (χ0) is 14.7. The Hall–Kier alpha value is 0.181. The highest BCUT2D eigenvalue weighted by Gasteiger charge is 2.12. The SMILES string of the molecule is CC=C(C)[SiH2]OP(O[SiH2]C(C)=CC)O[SiH2]C(C)=CC. The summed E-state index contributed by atoms with van der Waals surface area (Å²) in [5.74, 6) is 0.